The van der Waals surface area contributed by atoms with Gasteiger partial charge in [-0.1, -0.05) is 35.5 Å². The van der Waals surface area contributed by atoms with Gasteiger partial charge in [0, 0.05) is 43.9 Å². The van der Waals surface area contributed by atoms with Gasteiger partial charge in [-0.25, -0.2) is 9.97 Å². The molecular formula is C21H16ClN3O2S. The van der Waals surface area contributed by atoms with Crippen LogP contribution in [0.2, 0.25) is 5.02 Å². The quantitative estimate of drug-likeness (QED) is 0.484. The van der Waals surface area contributed by atoms with Gasteiger partial charge >= 0.3 is 5.97 Å². The van der Waals surface area contributed by atoms with E-state index < -0.39 is 5.97 Å². The molecule has 5 nitrogen and oxygen atoms in total. The Labute approximate surface area is 171 Å². The monoisotopic (exact) mass is 409 g/mol. The van der Waals surface area contributed by atoms with Crippen LogP contribution in [0.4, 0.5) is 0 Å². The molecule has 0 spiro atoms. The third-order valence-electron chi connectivity index (χ3n) is 4.49. The van der Waals surface area contributed by atoms with Crippen LogP contribution in [0.15, 0.2) is 71.0 Å². The summed E-state index contributed by atoms with van der Waals surface area (Å²) in [4.78, 5) is 21.8. The lowest BCUT2D eigenvalue weighted by atomic mass is 10.0. The van der Waals surface area contributed by atoms with Gasteiger partial charge in [-0.15, -0.1) is 0 Å². The van der Waals surface area contributed by atoms with Gasteiger partial charge in [0.15, 0.2) is 0 Å². The minimum absolute atomic E-state index is 0.0990. The van der Waals surface area contributed by atoms with Crippen molar-refractivity contribution in [2.45, 2.75) is 23.3 Å². The van der Waals surface area contributed by atoms with E-state index in [2.05, 4.69) is 9.97 Å². The average molecular weight is 410 g/mol. The molecule has 1 N–H and O–H groups in total. The number of nitrogens with zero attached hydrogens (tertiary/aromatic N) is 3. The van der Waals surface area contributed by atoms with Crippen LogP contribution < -0.4 is 0 Å². The number of fused-ring (bicyclic) bond motifs is 1. The van der Waals surface area contributed by atoms with Gasteiger partial charge in [-0.05, 0) is 42.8 Å². The predicted molar refractivity (Wildman–Crippen MR) is 111 cm³/mol. The molecule has 4 rings (SSSR count). The molecule has 2 aromatic carbocycles. The van der Waals surface area contributed by atoms with Crippen molar-refractivity contribution in [3.63, 3.8) is 0 Å². The molecule has 28 heavy (non-hydrogen) atoms. The van der Waals surface area contributed by atoms with Gasteiger partial charge < -0.3 is 9.67 Å². The molecule has 0 fully saturated rings. The van der Waals surface area contributed by atoms with E-state index in [0.717, 1.165) is 37.5 Å². The van der Waals surface area contributed by atoms with Crippen molar-refractivity contribution in [2.24, 2.45) is 0 Å². The second-order valence-electron chi connectivity index (χ2n) is 6.28. The van der Waals surface area contributed by atoms with Gasteiger partial charge in [-0.2, -0.15) is 0 Å². The van der Waals surface area contributed by atoms with Gasteiger partial charge in [-0.3, -0.25) is 4.79 Å². The minimum Gasteiger partial charge on any atom is -0.480 e. The zero-order valence-electron chi connectivity index (χ0n) is 15.0. The largest absolute Gasteiger partial charge is 0.480 e. The van der Waals surface area contributed by atoms with Crippen LogP contribution in [0.3, 0.4) is 0 Å². The van der Waals surface area contributed by atoms with Crippen molar-refractivity contribution in [3.05, 3.63) is 71.9 Å². The van der Waals surface area contributed by atoms with Crippen LogP contribution in [0.25, 0.3) is 22.0 Å². The Morgan fingerprint density at radius 2 is 1.86 bits per heavy atom. The van der Waals surface area contributed by atoms with Gasteiger partial charge in [0.05, 0.1) is 5.52 Å². The molecule has 0 radical (unpaired) electrons. The second-order valence-corrected chi connectivity index (χ2v) is 7.80. The van der Waals surface area contributed by atoms with Crippen molar-refractivity contribution in [3.8, 4) is 11.1 Å². The van der Waals surface area contributed by atoms with Crippen LogP contribution in [0.1, 0.15) is 5.69 Å². The topological polar surface area (TPSA) is 68.0 Å². The summed E-state index contributed by atoms with van der Waals surface area (Å²) in [5.74, 6) is -0.878. The number of carbonyl (C=O) groups is 1. The minimum atomic E-state index is -0.878. The van der Waals surface area contributed by atoms with Gasteiger partial charge in [0.1, 0.15) is 12.9 Å². The molecule has 7 heteroatoms. The zero-order valence-corrected chi connectivity index (χ0v) is 16.5. The molecule has 0 atom stereocenters. The van der Waals surface area contributed by atoms with E-state index in [9.17, 15) is 9.90 Å². The van der Waals surface area contributed by atoms with Crippen LogP contribution >= 0.6 is 23.4 Å². The maximum atomic E-state index is 11.5. The first-order valence-electron chi connectivity index (χ1n) is 8.57. The zero-order chi connectivity index (χ0) is 19.7. The van der Waals surface area contributed by atoms with Crippen molar-refractivity contribution in [1.29, 1.82) is 0 Å². The number of hydrogen-bond acceptors (Lipinski definition) is 4. The Morgan fingerprint density at radius 3 is 2.54 bits per heavy atom. The average Bonchev–Trinajstić information content (AvgIpc) is 2.96. The third kappa shape index (κ3) is 3.48. The summed E-state index contributed by atoms with van der Waals surface area (Å²) >= 11 is 7.61. The standard InChI is InChI=1S/C21H16ClN3O2S/c1-13-21(28-16-7-5-15(22)6-8-16)20-17(14-9-23-12-24-10-14)3-2-4-18(20)25(13)11-19(26)27/h2-10,12H,11H2,1H3,(H,26,27). The normalized spacial score (nSPS) is 11.1. The molecule has 0 saturated carbocycles. The summed E-state index contributed by atoms with van der Waals surface area (Å²) in [5, 5.41) is 11.1. The van der Waals surface area contributed by atoms with E-state index in [-0.39, 0.29) is 6.54 Å². The van der Waals surface area contributed by atoms with Gasteiger partial charge in [0.2, 0.25) is 0 Å². The highest BCUT2D eigenvalue weighted by Gasteiger charge is 2.20. The Bertz CT molecular complexity index is 1160. The van der Waals surface area contributed by atoms with Crippen LogP contribution in [0, 0.1) is 6.92 Å². The Hall–Kier alpha value is -2.83. The maximum absolute atomic E-state index is 11.5. The molecule has 0 amide bonds. The van der Waals surface area contributed by atoms with E-state index in [4.69, 9.17) is 11.6 Å². The fraction of sp³-hybridized carbons (Fsp3) is 0.0952. The lowest BCUT2D eigenvalue weighted by Gasteiger charge is -2.07. The Morgan fingerprint density at radius 1 is 1.14 bits per heavy atom. The highest BCUT2D eigenvalue weighted by atomic mass is 35.5. The Balaban J connectivity index is 1.97. The third-order valence-corrected chi connectivity index (χ3v) is 5.96. The highest BCUT2D eigenvalue weighted by molar-refractivity contribution is 7.99. The molecule has 0 aliphatic heterocycles. The molecular weight excluding hydrogens is 394 g/mol. The number of benzene rings is 2. The van der Waals surface area contributed by atoms with Crippen LogP contribution in [-0.4, -0.2) is 25.6 Å². The SMILES string of the molecule is Cc1c(Sc2ccc(Cl)cc2)c2c(-c3cncnc3)cccc2n1CC(=O)O. The molecule has 0 saturated heterocycles. The fourth-order valence-electron chi connectivity index (χ4n) is 3.25. The summed E-state index contributed by atoms with van der Waals surface area (Å²) < 4.78 is 1.84. The lowest BCUT2D eigenvalue weighted by molar-refractivity contribution is -0.137. The van der Waals surface area contributed by atoms with Crippen LogP contribution in [-0.2, 0) is 11.3 Å². The number of aromatic nitrogens is 3. The summed E-state index contributed by atoms with van der Waals surface area (Å²) in [6.07, 6.45) is 5.03. The van der Waals surface area contributed by atoms with Crippen LogP contribution in [0.5, 0.6) is 0 Å². The van der Waals surface area contributed by atoms with Crippen molar-refractivity contribution in [1.82, 2.24) is 14.5 Å². The number of carboxylic acid groups (broad SMARTS) is 1. The molecule has 0 unspecified atom stereocenters. The first-order valence-corrected chi connectivity index (χ1v) is 9.76. The van der Waals surface area contributed by atoms with E-state index >= 15 is 0 Å². The fourth-order valence-corrected chi connectivity index (χ4v) is 4.46. The molecule has 4 aromatic rings. The second kappa shape index (κ2) is 7.66. The smallest absolute Gasteiger partial charge is 0.323 e. The maximum Gasteiger partial charge on any atom is 0.323 e. The number of carboxylic acids is 1. The summed E-state index contributed by atoms with van der Waals surface area (Å²) in [7, 11) is 0. The number of hydrogen-bond donors (Lipinski definition) is 1. The van der Waals surface area contributed by atoms with Gasteiger partial charge in [0.25, 0.3) is 0 Å². The molecule has 2 aromatic heterocycles. The van der Waals surface area contributed by atoms with Crippen molar-refractivity contribution in [2.75, 3.05) is 0 Å². The molecule has 0 bridgehead atoms. The molecule has 0 aliphatic rings. The summed E-state index contributed by atoms with van der Waals surface area (Å²) in [5.41, 5.74) is 3.64. The summed E-state index contributed by atoms with van der Waals surface area (Å²) in [6.45, 7) is 1.85. The number of halogens is 1. The van der Waals surface area contributed by atoms with E-state index in [0.29, 0.717) is 5.02 Å². The van der Waals surface area contributed by atoms with E-state index in [1.54, 1.807) is 24.2 Å². The predicted octanol–water partition coefficient (Wildman–Crippen LogP) is 5.30. The Kier molecular flexibility index (Phi) is 5.07. The first kappa shape index (κ1) is 18.5. The lowest BCUT2D eigenvalue weighted by Crippen LogP contribution is -2.09. The van der Waals surface area contributed by atoms with E-state index in [1.807, 2.05) is 54.0 Å². The molecule has 0 aliphatic carbocycles. The van der Waals surface area contributed by atoms with E-state index in [1.165, 1.54) is 6.33 Å². The molecule has 2 heterocycles. The number of aliphatic carboxylic acids is 1. The molecule has 140 valence electrons. The highest BCUT2D eigenvalue weighted by Crippen LogP contribution is 2.42. The summed E-state index contributed by atoms with van der Waals surface area (Å²) in [6, 6.07) is 13.5. The first-order chi connectivity index (χ1) is 13.5. The van der Waals surface area contributed by atoms with Crippen molar-refractivity contribution < 1.29 is 9.90 Å². The number of rotatable bonds is 5. The van der Waals surface area contributed by atoms with Crippen molar-refractivity contribution >= 4 is 40.2 Å².